The van der Waals surface area contributed by atoms with E-state index in [0.29, 0.717) is 5.75 Å². The molecule has 1 aliphatic heterocycles. The maximum atomic E-state index is 12.5. The highest BCUT2D eigenvalue weighted by molar-refractivity contribution is 8.00. The number of aromatic amines is 1. The fourth-order valence-electron chi connectivity index (χ4n) is 2.97. The lowest BCUT2D eigenvalue weighted by molar-refractivity contribution is -0.364. The van der Waals surface area contributed by atoms with Crippen LogP contribution in [0.15, 0.2) is 47.5 Å². The minimum absolute atomic E-state index is 0.233. The summed E-state index contributed by atoms with van der Waals surface area (Å²) in [6, 6.07) is 12.5. The van der Waals surface area contributed by atoms with Gasteiger partial charge in [0.2, 0.25) is 5.91 Å². The quantitative estimate of drug-likeness (QED) is 0.802. The van der Waals surface area contributed by atoms with E-state index < -0.39 is 0 Å². The summed E-state index contributed by atoms with van der Waals surface area (Å²) in [5.41, 5.74) is 2.51. The second-order valence-corrected chi connectivity index (χ2v) is 7.19. The standard InChI is InChI=1S/C19H23N3OS/c1-15-6-7-17(16(2)13-15)24-14-19(23)22-11-9-21(10-12-22)18-5-3-4-8-20-18/h3-8,13H,9-12,14H2,1-2H3/p+1. The molecule has 5 heteroatoms. The molecule has 3 rings (SSSR count). The molecule has 1 N–H and O–H groups in total. The van der Waals surface area contributed by atoms with Gasteiger partial charge in [0.05, 0.1) is 25.0 Å². The van der Waals surface area contributed by atoms with E-state index in [4.69, 9.17) is 0 Å². The summed E-state index contributed by atoms with van der Waals surface area (Å²) in [7, 11) is 0. The molecule has 24 heavy (non-hydrogen) atoms. The fourth-order valence-corrected chi connectivity index (χ4v) is 3.88. The molecule has 0 bridgehead atoms. The van der Waals surface area contributed by atoms with E-state index in [2.05, 4.69) is 48.0 Å². The number of pyridine rings is 1. The van der Waals surface area contributed by atoms with E-state index >= 15 is 0 Å². The number of rotatable bonds is 4. The zero-order valence-corrected chi connectivity index (χ0v) is 15.1. The van der Waals surface area contributed by atoms with E-state index in [-0.39, 0.29) is 5.91 Å². The third-order valence-electron chi connectivity index (χ3n) is 4.35. The number of piperazine rings is 1. The Morgan fingerprint density at radius 2 is 1.92 bits per heavy atom. The van der Waals surface area contributed by atoms with Crippen LogP contribution in [-0.4, -0.2) is 42.7 Å². The minimum Gasteiger partial charge on any atom is -0.334 e. The molecule has 0 unspecified atom stereocenters. The second-order valence-electron chi connectivity index (χ2n) is 6.17. The number of H-pyrrole nitrogens is 1. The SMILES string of the molecule is Cc1ccc(SCC(=O)N2CCN(c3cccc[nH+]3)CC2)c(C)c1. The number of hydrogen-bond donors (Lipinski definition) is 0. The molecule has 0 aliphatic carbocycles. The molecule has 1 aromatic carbocycles. The van der Waals surface area contributed by atoms with Crippen molar-refractivity contribution in [2.45, 2.75) is 18.7 Å². The number of carbonyl (C=O) groups excluding carboxylic acids is 1. The van der Waals surface area contributed by atoms with Gasteiger partial charge >= 0.3 is 0 Å². The predicted octanol–water partition coefficient (Wildman–Crippen LogP) is 2.56. The van der Waals surface area contributed by atoms with Crippen LogP contribution in [0.3, 0.4) is 0 Å². The smallest absolute Gasteiger partial charge is 0.274 e. The first kappa shape index (κ1) is 16.8. The first-order valence-corrected chi connectivity index (χ1v) is 9.31. The maximum Gasteiger partial charge on any atom is 0.274 e. The predicted molar refractivity (Wildman–Crippen MR) is 98.4 cm³/mol. The summed E-state index contributed by atoms with van der Waals surface area (Å²) in [6.45, 7) is 7.52. The van der Waals surface area contributed by atoms with E-state index in [9.17, 15) is 4.79 Å². The summed E-state index contributed by atoms with van der Waals surface area (Å²) in [4.78, 5) is 21.2. The lowest BCUT2D eigenvalue weighted by Gasteiger charge is -2.31. The van der Waals surface area contributed by atoms with Gasteiger partial charge in [-0.05, 0) is 31.5 Å². The largest absolute Gasteiger partial charge is 0.334 e. The van der Waals surface area contributed by atoms with Crippen LogP contribution in [0.2, 0.25) is 0 Å². The summed E-state index contributed by atoms with van der Waals surface area (Å²) >= 11 is 1.64. The number of anilines is 1. The Labute approximate surface area is 147 Å². The fraction of sp³-hybridized carbons (Fsp3) is 0.368. The van der Waals surface area contributed by atoms with Gasteiger partial charge < -0.3 is 4.90 Å². The van der Waals surface area contributed by atoms with E-state index in [1.165, 1.54) is 16.0 Å². The Bertz CT molecular complexity index is 697. The normalized spacial score (nSPS) is 14.8. The van der Waals surface area contributed by atoms with E-state index in [1.54, 1.807) is 11.8 Å². The molecule has 1 saturated heterocycles. The minimum atomic E-state index is 0.233. The van der Waals surface area contributed by atoms with Crippen molar-refractivity contribution in [1.82, 2.24) is 4.90 Å². The van der Waals surface area contributed by atoms with Crippen LogP contribution in [0.4, 0.5) is 5.82 Å². The monoisotopic (exact) mass is 342 g/mol. The first-order chi connectivity index (χ1) is 11.6. The Morgan fingerprint density at radius 3 is 2.58 bits per heavy atom. The topological polar surface area (TPSA) is 37.7 Å². The third-order valence-corrected chi connectivity index (χ3v) is 5.51. The molecule has 1 aliphatic rings. The molecule has 2 aromatic rings. The molecule has 1 fully saturated rings. The van der Waals surface area contributed by atoms with Crippen LogP contribution in [0.5, 0.6) is 0 Å². The molecule has 4 nitrogen and oxygen atoms in total. The van der Waals surface area contributed by atoms with Crippen molar-refractivity contribution in [2.75, 3.05) is 36.8 Å². The number of amides is 1. The number of nitrogens with zero attached hydrogens (tertiary/aromatic N) is 2. The molecule has 1 amide bonds. The van der Waals surface area contributed by atoms with Gasteiger partial charge in [-0.1, -0.05) is 23.8 Å². The zero-order chi connectivity index (χ0) is 16.9. The summed E-state index contributed by atoms with van der Waals surface area (Å²) < 4.78 is 0. The van der Waals surface area contributed by atoms with Crippen molar-refractivity contribution in [2.24, 2.45) is 0 Å². The number of aryl methyl sites for hydroxylation is 2. The molecule has 0 spiro atoms. The van der Waals surface area contributed by atoms with Crippen molar-refractivity contribution in [3.63, 3.8) is 0 Å². The van der Waals surface area contributed by atoms with Crippen molar-refractivity contribution >= 4 is 23.5 Å². The van der Waals surface area contributed by atoms with Crippen LogP contribution in [0, 0.1) is 13.8 Å². The lowest BCUT2D eigenvalue weighted by Crippen LogP contribution is -2.50. The van der Waals surface area contributed by atoms with Gasteiger partial charge in [0.15, 0.2) is 0 Å². The average molecular weight is 342 g/mol. The molecule has 0 atom stereocenters. The van der Waals surface area contributed by atoms with Crippen molar-refractivity contribution in [3.8, 4) is 0 Å². The maximum absolute atomic E-state index is 12.5. The third kappa shape index (κ3) is 4.09. The highest BCUT2D eigenvalue weighted by Crippen LogP contribution is 2.23. The summed E-state index contributed by atoms with van der Waals surface area (Å²) in [5, 5.41) is 0. The molecule has 0 saturated carbocycles. The van der Waals surface area contributed by atoms with Gasteiger partial charge in [-0.15, -0.1) is 11.8 Å². The van der Waals surface area contributed by atoms with Gasteiger partial charge in [0.25, 0.3) is 5.82 Å². The van der Waals surface area contributed by atoms with Gasteiger partial charge in [-0.3, -0.25) is 9.69 Å². The van der Waals surface area contributed by atoms with Crippen LogP contribution in [0.1, 0.15) is 11.1 Å². The number of carbonyl (C=O) groups is 1. The summed E-state index contributed by atoms with van der Waals surface area (Å²) in [6.07, 6.45) is 1.94. The molecule has 2 heterocycles. The number of thioether (sulfide) groups is 1. The zero-order valence-electron chi connectivity index (χ0n) is 14.3. The van der Waals surface area contributed by atoms with Crippen molar-refractivity contribution in [1.29, 1.82) is 0 Å². The Hall–Kier alpha value is -2.01. The van der Waals surface area contributed by atoms with Gasteiger partial charge in [-0.25, -0.2) is 4.98 Å². The Balaban J connectivity index is 1.50. The van der Waals surface area contributed by atoms with Crippen LogP contribution in [-0.2, 0) is 4.79 Å². The Morgan fingerprint density at radius 1 is 1.12 bits per heavy atom. The summed E-state index contributed by atoms with van der Waals surface area (Å²) in [5.74, 6) is 1.87. The van der Waals surface area contributed by atoms with E-state index in [0.717, 1.165) is 32.0 Å². The van der Waals surface area contributed by atoms with Gasteiger partial charge in [-0.2, -0.15) is 0 Å². The first-order valence-electron chi connectivity index (χ1n) is 8.33. The van der Waals surface area contributed by atoms with Crippen LogP contribution in [0.25, 0.3) is 0 Å². The van der Waals surface area contributed by atoms with Crippen molar-refractivity contribution < 1.29 is 9.78 Å². The molecule has 126 valence electrons. The van der Waals surface area contributed by atoms with E-state index in [1.807, 2.05) is 23.2 Å². The number of aromatic nitrogens is 1. The number of nitrogens with one attached hydrogen (secondary N) is 1. The van der Waals surface area contributed by atoms with Crippen LogP contribution >= 0.6 is 11.8 Å². The molecular weight excluding hydrogens is 318 g/mol. The average Bonchev–Trinajstić information content (AvgIpc) is 2.62. The number of benzene rings is 1. The molecular formula is C19H24N3OS+. The number of hydrogen-bond acceptors (Lipinski definition) is 3. The van der Waals surface area contributed by atoms with Gasteiger partial charge in [0, 0.05) is 11.0 Å². The van der Waals surface area contributed by atoms with Crippen LogP contribution < -0.4 is 9.88 Å². The molecule has 0 radical (unpaired) electrons. The lowest BCUT2D eigenvalue weighted by atomic mass is 10.2. The second kappa shape index (κ2) is 7.71. The van der Waals surface area contributed by atoms with Gasteiger partial charge in [0.1, 0.15) is 13.1 Å². The Kier molecular flexibility index (Phi) is 5.41. The molecule has 1 aromatic heterocycles. The highest BCUT2D eigenvalue weighted by atomic mass is 32.2. The highest BCUT2D eigenvalue weighted by Gasteiger charge is 2.25. The van der Waals surface area contributed by atoms with Crippen molar-refractivity contribution in [3.05, 3.63) is 53.7 Å².